The maximum atomic E-state index is 3.62. The van der Waals surface area contributed by atoms with E-state index in [-0.39, 0.29) is 5.41 Å². The fourth-order valence-electron chi connectivity index (χ4n) is 2.74. The minimum Gasteiger partial charge on any atom is -0.316 e. The maximum absolute atomic E-state index is 3.62. The van der Waals surface area contributed by atoms with Gasteiger partial charge >= 0.3 is 0 Å². The molecule has 0 heterocycles. The van der Waals surface area contributed by atoms with Crippen LogP contribution in [-0.2, 0) is 5.41 Å². The molecular weight excluding hydrogens is 244 g/mol. The molecule has 1 unspecified atom stereocenters. The van der Waals surface area contributed by atoms with Crippen molar-refractivity contribution in [2.24, 2.45) is 0 Å². The molecule has 2 nitrogen and oxygen atoms in total. The molecular formula is C18H32N2. The fraction of sp³-hybridized carbons (Fsp3) is 0.667. The highest BCUT2D eigenvalue weighted by Gasteiger charge is 2.29. The van der Waals surface area contributed by atoms with Crippen LogP contribution in [0.4, 0.5) is 0 Å². The van der Waals surface area contributed by atoms with Crippen molar-refractivity contribution in [1.29, 1.82) is 0 Å². The molecule has 0 fully saturated rings. The standard InChI is InChI=1S/C18H32N2/c1-6-13-19-14-18(5,15-20(7-2)16(3)4)17-11-9-8-10-12-17/h8-12,16,19H,6-7,13-15H2,1-5H3. The Morgan fingerprint density at radius 1 is 1.15 bits per heavy atom. The first kappa shape index (κ1) is 17.2. The molecule has 0 aliphatic carbocycles. The molecule has 0 bridgehead atoms. The van der Waals surface area contributed by atoms with Crippen LogP contribution in [0.1, 0.15) is 46.6 Å². The first-order chi connectivity index (χ1) is 9.53. The van der Waals surface area contributed by atoms with Crippen LogP contribution in [0.5, 0.6) is 0 Å². The SMILES string of the molecule is CCCNCC(C)(CN(CC)C(C)C)c1ccccc1. The zero-order valence-corrected chi connectivity index (χ0v) is 13.9. The predicted octanol–water partition coefficient (Wildman–Crippen LogP) is 3.67. The van der Waals surface area contributed by atoms with Crippen molar-refractivity contribution in [3.63, 3.8) is 0 Å². The molecule has 1 atom stereocenters. The Labute approximate surface area is 125 Å². The average Bonchev–Trinajstić information content (AvgIpc) is 2.46. The zero-order valence-electron chi connectivity index (χ0n) is 13.9. The van der Waals surface area contributed by atoms with Crippen LogP contribution in [0.25, 0.3) is 0 Å². The second kappa shape index (κ2) is 8.43. The third-order valence-electron chi connectivity index (χ3n) is 4.10. The lowest BCUT2D eigenvalue weighted by atomic mass is 9.81. The Hall–Kier alpha value is -0.860. The molecule has 0 saturated carbocycles. The van der Waals surface area contributed by atoms with E-state index in [2.05, 4.69) is 75.2 Å². The summed E-state index contributed by atoms with van der Waals surface area (Å²) in [4.78, 5) is 2.56. The molecule has 114 valence electrons. The van der Waals surface area contributed by atoms with Crippen molar-refractivity contribution in [2.45, 2.75) is 52.5 Å². The molecule has 1 aromatic carbocycles. The highest BCUT2D eigenvalue weighted by Crippen LogP contribution is 2.25. The van der Waals surface area contributed by atoms with Gasteiger partial charge < -0.3 is 10.2 Å². The van der Waals surface area contributed by atoms with E-state index in [0.717, 1.165) is 26.2 Å². The maximum Gasteiger partial charge on any atom is 0.0177 e. The van der Waals surface area contributed by atoms with Crippen LogP contribution >= 0.6 is 0 Å². The Morgan fingerprint density at radius 3 is 2.30 bits per heavy atom. The van der Waals surface area contributed by atoms with E-state index in [9.17, 15) is 0 Å². The van der Waals surface area contributed by atoms with Gasteiger partial charge in [0, 0.05) is 24.5 Å². The molecule has 1 N–H and O–H groups in total. The van der Waals surface area contributed by atoms with Gasteiger partial charge in [0.1, 0.15) is 0 Å². The molecule has 0 aromatic heterocycles. The number of likely N-dealkylation sites (N-methyl/N-ethyl adjacent to an activating group) is 1. The van der Waals surface area contributed by atoms with Crippen molar-refractivity contribution in [3.05, 3.63) is 35.9 Å². The Morgan fingerprint density at radius 2 is 1.80 bits per heavy atom. The number of hydrogen-bond donors (Lipinski definition) is 1. The summed E-state index contributed by atoms with van der Waals surface area (Å²) in [6, 6.07) is 11.5. The number of nitrogens with zero attached hydrogens (tertiary/aromatic N) is 1. The van der Waals surface area contributed by atoms with Crippen molar-refractivity contribution >= 4 is 0 Å². The van der Waals surface area contributed by atoms with Gasteiger partial charge in [0.05, 0.1) is 0 Å². The van der Waals surface area contributed by atoms with E-state index in [1.807, 2.05) is 0 Å². The summed E-state index contributed by atoms with van der Waals surface area (Å²) in [6.45, 7) is 15.8. The van der Waals surface area contributed by atoms with E-state index < -0.39 is 0 Å². The van der Waals surface area contributed by atoms with E-state index in [1.165, 1.54) is 12.0 Å². The van der Waals surface area contributed by atoms with Gasteiger partial charge in [-0.05, 0) is 38.9 Å². The molecule has 2 heteroatoms. The first-order valence-corrected chi connectivity index (χ1v) is 8.03. The smallest absolute Gasteiger partial charge is 0.0177 e. The predicted molar refractivity (Wildman–Crippen MR) is 89.3 cm³/mol. The fourth-order valence-corrected chi connectivity index (χ4v) is 2.74. The number of nitrogens with one attached hydrogen (secondary N) is 1. The van der Waals surface area contributed by atoms with Crippen molar-refractivity contribution < 1.29 is 0 Å². The largest absolute Gasteiger partial charge is 0.316 e. The summed E-state index contributed by atoms with van der Waals surface area (Å²) >= 11 is 0. The monoisotopic (exact) mass is 276 g/mol. The quantitative estimate of drug-likeness (QED) is 0.692. The number of benzene rings is 1. The van der Waals surface area contributed by atoms with Crippen LogP contribution in [0.3, 0.4) is 0 Å². The number of rotatable bonds is 9. The molecule has 0 radical (unpaired) electrons. The van der Waals surface area contributed by atoms with Gasteiger partial charge in [0.15, 0.2) is 0 Å². The van der Waals surface area contributed by atoms with Gasteiger partial charge in [-0.2, -0.15) is 0 Å². The van der Waals surface area contributed by atoms with Crippen LogP contribution in [0, 0.1) is 0 Å². The lowest BCUT2D eigenvalue weighted by molar-refractivity contribution is 0.180. The summed E-state index contributed by atoms with van der Waals surface area (Å²) in [5.41, 5.74) is 1.60. The second-order valence-corrected chi connectivity index (χ2v) is 6.26. The average molecular weight is 276 g/mol. The molecule has 0 amide bonds. The van der Waals surface area contributed by atoms with E-state index >= 15 is 0 Å². The number of hydrogen-bond acceptors (Lipinski definition) is 2. The molecule has 0 saturated heterocycles. The van der Waals surface area contributed by atoms with Gasteiger partial charge in [-0.1, -0.05) is 51.1 Å². The zero-order chi connectivity index (χ0) is 15.0. The van der Waals surface area contributed by atoms with Gasteiger partial charge in [-0.3, -0.25) is 0 Å². The summed E-state index contributed by atoms with van der Waals surface area (Å²) < 4.78 is 0. The summed E-state index contributed by atoms with van der Waals surface area (Å²) in [5.74, 6) is 0. The van der Waals surface area contributed by atoms with E-state index in [1.54, 1.807) is 0 Å². The summed E-state index contributed by atoms with van der Waals surface area (Å²) in [7, 11) is 0. The van der Waals surface area contributed by atoms with E-state index in [4.69, 9.17) is 0 Å². The third kappa shape index (κ3) is 4.92. The van der Waals surface area contributed by atoms with Crippen molar-refractivity contribution in [3.8, 4) is 0 Å². The molecule has 1 aromatic rings. The summed E-state index contributed by atoms with van der Waals surface area (Å²) in [5, 5.41) is 3.62. The van der Waals surface area contributed by atoms with Gasteiger partial charge in [0.2, 0.25) is 0 Å². The van der Waals surface area contributed by atoms with Crippen LogP contribution in [0.2, 0.25) is 0 Å². The topological polar surface area (TPSA) is 15.3 Å². The molecule has 0 spiro atoms. The molecule has 0 aliphatic rings. The molecule has 20 heavy (non-hydrogen) atoms. The normalized spacial score (nSPS) is 14.8. The van der Waals surface area contributed by atoms with E-state index in [0.29, 0.717) is 6.04 Å². The second-order valence-electron chi connectivity index (χ2n) is 6.26. The first-order valence-electron chi connectivity index (χ1n) is 8.03. The molecule has 1 rings (SSSR count). The van der Waals surface area contributed by atoms with Crippen LogP contribution < -0.4 is 5.32 Å². The lowest BCUT2D eigenvalue weighted by Crippen LogP contribution is -2.47. The van der Waals surface area contributed by atoms with Crippen molar-refractivity contribution in [2.75, 3.05) is 26.2 Å². The van der Waals surface area contributed by atoms with Crippen LogP contribution in [-0.4, -0.2) is 37.1 Å². The third-order valence-corrected chi connectivity index (χ3v) is 4.10. The van der Waals surface area contributed by atoms with Gasteiger partial charge in [-0.25, -0.2) is 0 Å². The van der Waals surface area contributed by atoms with Crippen LogP contribution in [0.15, 0.2) is 30.3 Å². The minimum atomic E-state index is 0.163. The van der Waals surface area contributed by atoms with Gasteiger partial charge in [-0.15, -0.1) is 0 Å². The Kier molecular flexibility index (Phi) is 7.25. The van der Waals surface area contributed by atoms with Crippen molar-refractivity contribution in [1.82, 2.24) is 10.2 Å². The Bertz CT molecular complexity index is 361. The highest BCUT2D eigenvalue weighted by molar-refractivity contribution is 5.25. The highest BCUT2D eigenvalue weighted by atomic mass is 15.1. The summed E-state index contributed by atoms with van der Waals surface area (Å²) in [6.07, 6.45) is 1.19. The Balaban J connectivity index is 2.88. The minimum absolute atomic E-state index is 0.163. The molecule has 0 aliphatic heterocycles. The lowest BCUT2D eigenvalue weighted by Gasteiger charge is -2.38. The van der Waals surface area contributed by atoms with Gasteiger partial charge in [0.25, 0.3) is 0 Å².